The molecular weight excluding hydrogens is 178 g/mol. The van der Waals surface area contributed by atoms with Crippen molar-refractivity contribution in [1.82, 2.24) is 10.2 Å². The molecule has 2 atom stereocenters. The molecular formula is C10H17N3O. The minimum atomic E-state index is -0.359. The Labute approximate surface area is 84.8 Å². The van der Waals surface area contributed by atoms with E-state index in [4.69, 9.17) is 4.74 Å². The van der Waals surface area contributed by atoms with E-state index >= 15 is 0 Å². The van der Waals surface area contributed by atoms with E-state index in [9.17, 15) is 5.26 Å². The lowest BCUT2D eigenvalue weighted by Gasteiger charge is -2.40. The molecule has 0 radical (unpaired) electrons. The highest BCUT2D eigenvalue weighted by Gasteiger charge is 2.46. The summed E-state index contributed by atoms with van der Waals surface area (Å²) in [5.41, 5.74) is -0.359. The lowest BCUT2D eigenvalue weighted by molar-refractivity contribution is 0.0349. The topological polar surface area (TPSA) is 48.3 Å². The first-order valence-corrected chi connectivity index (χ1v) is 5.28. The monoisotopic (exact) mass is 195 g/mol. The van der Waals surface area contributed by atoms with Crippen LogP contribution in [-0.2, 0) is 4.74 Å². The molecule has 0 saturated carbocycles. The van der Waals surface area contributed by atoms with Crippen LogP contribution in [0, 0.1) is 11.3 Å². The quantitative estimate of drug-likeness (QED) is 0.638. The van der Waals surface area contributed by atoms with Gasteiger partial charge < -0.3 is 10.1 Å². The van der Waals surface area contributed by atoms with Gasteiger partial charge in [0.1, 0.15) is 5.54 Å². The van der Waals surface area contributed by atoms with Crippen LogP contribution in [0.25, 0.3) is 0 Å². The zero-order chi connectivity index (χ0) is 10.0. The molecule has 4 heteroatoms. The number of hydrogen-bond acceptors (Lipinski definition) is 4. The Bertz CT molecular complexity index is 244. The van der Waals surface area contributed by atoms with Gasteiger partial charge in [-0.2, -0.15) is 5.26 Å². The molecule has 1 N–H and O–H groups in total. The summed E-state index contributed by atoms with van der Waals surface area (Å²) >= 11 is 0. The second-order valence-corrected chi connectivity index (χ2v) is 4.04. The zero-order valence-corrected chi connectivity index (χ0v) is 8.62. The van der Waals surface area contributed by atoms with Crippen LogP contribution < -0.4 is 5.32 Å². The smallest absolute Gasteiger partial charge is 0.137 e. The molecule has 0 bridgehead atoms. The first-order chi connectivity index (χ1) is 6.79. The van der Waals surface area contributed by atoms with E-state index in [0.717, 1.165) is 39.2 Å². The van der Waals surface area contributed by atoms with Crippen molar-refractivity contribution in [3.8, 4) is 6.07 Å². The minimum Gasteiger partial charge on any atom is -0.375 e. The van der Waals surface area contributed by atoms with E-state index in [0.29, 0.717) is 0 Å². The Morgan fingerprint density at radius 2 is 2.21 bits per heavy atom. The highest BCUT2D eigenvalue weighted by atomic mass is 16.5. The summed E-state index contributed by atoms with van der Waals surface area (Å²) in [7, 11) is 0. The number of hydrogen-bond donors (Lipinski definition) is 1. The summed E-state index contributed by atoms with van der Waals surface area (Å²) in [6.45, 7) is 6.62. The highest BCUT2D eigenvalue weighted by Crippen LogP contribution is 2.31. The third kappa shape index (κ3) is 1.42. The van der Waals surface area contributed by atoms with Crippen molar-refractivity contribution in [2.24, 2.45) is 0 Å². The Morgan fingerprint density at radius 3 is 2.71 bits per heavy atom. The summed E-state index contributed by atoms with van der Waals surface area (Å²) in [4.78, 5) is 2.28. The van der Waals surface area contributed by atoms with Gasteiger partial charge >= 0.3 is 0 Å². The molecule has 0 aromatic rings. The van der Waals surface area contributed by atoms with Crippen LogP contribution in [0.5, 0.6) is 0 Å². The van der Waals surface area contributed by atoms with E-state index in [2.05, 4.69) is 16.3 Å². The predicted molar refractivity (Wildman–Crippen MR) is 52.8 cm³/mol. The van der Waals surface area contributed by atoms with Crippen molar-refractivity contribution in [3.63, 3.8) is 0 Å². The van der Waals surface area contributed by atoms with Crippen LogP contribution in [0.15, 0.2) is 0 Å². The fraction of sp³-hybridized carbons (Fsp3) is 0.900. The normalized spacial score (nSPS) is 39.6. The molecule has 78 valence electrons. The molecule has 0 aromatic heterocycles. The first-order valence-electron chi connectivity index (χ1n) is 5.28. The van der Waals surface area contributed by atoms with Gasteiger partial charge in [-0.1, -0.05) is 0 Å². The van der Waals surface area contributed by atoms with Crippen molar-refractivity contribution in [2.75, 3.05) is 32.8 Å². The van der Waals surface area contributed by atoms with E-state index in [1.165, 1.54) is 0 Å². The van der Waals surface area contributed by atoms with Gasteiger partial charge in [0.05, 0.1) is 12.2 Å². The van der Waals surface area contributed by atoms with Gasteiger partial charge in [0.2, 0.25) is 0 Å². The van der Waals surface area contributed by atoms with Crippen LogP contribution in [0.3, 0.4) is 0 Å². The molecule has 2 rings (SSSR count). The second-order valence-electron chi connectivity index (χ2n) is 4.04. The molecule has 2 unspecified atom stereocenters. The fourth-order valence-corrected chi connectivity index (χ4v) is 2.43. The van der Waals surface area contributed by atoms with E-state index in [1.54, 1.807) is 0 Å². The second kappa shape index (κ2) is 3.85. The standard InChI is InChI=1S/C10H17N3O/c1-9-10(8-11,2-7-14-9)13-5-3-12-4-6-13/h9,12H,2-7H2,1H3. The van der Waals surface area contributed by atoms with Crippen LogP contribution in [0.1, 0.15) is 13.3 Å². The van der Waals surface area contributed by atoms with Crippen molar-refractivity contribution in [2.45, 2.75) is 25.0 Å². The van der Waals surface area contributed by atoms with Crippen molar-refractivity contribution in [3.05, 3.63) is 0 Å². The maximum Gasteiger partial charge on any atom is 0.137 e. The maximum absolute atomic E-state index is 9.35. The molecule has 2 saturated heterocycles. The van der Waals surface area contributed by atoms with Gasteiger partial charge in [0.15, 0.2) is 0 Å². The first kappa shape index (κ1) is 9.91. The van der Waals surface area contributed by atoms with Crippen LogP contribution in [0.4, 0.5) is 0 Å². The number of nitrogens with zero attached hydrogens (tertiary/aromatic N) is 2. The Balaban J connectivity index is 2.14. The third-order valence-electron chi connectivity index (χ3n) is 3.40. The number of rotatable bonds is 1. The SMILES string of the molecule is CC1OCCC1(C#N)N1CCNCC1. The predicted octanol–water partition coefficient (Wildman–Crippen LogP) is -0.0372. The van der Waals surface area contributed by atoms with Crippen molar-refractivity contribution in [1.29, 1.82) is 5.26 Å². The van der Waals surface area contributed by atoms with Gasteiger partial charge in [-0.25, -0.2) is 0 Å². The van der Waals surface area contributed by atoms with Crippen LogP contribution in [-0.4, -0.2) is 49.3 Å². The van der Waals surface area contributed by atoms with E-state index in [-0.39, 0.29) is 11.6 Å². The highest BCUT2D eigenvalue weighted by molar-refractivity contribution is 5.15. The van der Waals surface area contributed by atoms with Gasteiger partial charge in [-0.05, 0) is 6.92 Å². The summed E-state index contributed by atoms with van der Waals surface area (Å²) in [5, 5.41) is 12.6. The summed E-state index contributed by atoms with van der Waals surface area (Å²) in [5.74, 6) is 0. The zero-order valence-electron chi connectivity index (χ0n) is 8.62. The Kier molecular flexibility index (Phi) is 2.73. The molecule has 0 amide bonds. The van der Waals surface area contributed by atoms with Gasteiger partial charge in [-0.3, -0.25) is 4.90 Å². The summed E-state index contributed by atoms with van der Waals surface area (Å²) in [6.07, 6.45) is 0.899. The molecule has 2 aliphatic rings. The van der Waals surface area contributed by atoms with Crippen LogP contribution in [0.2, 0.25) is 0 Å². The van der Waals surface area contributed by atoms with E-state index < -0.39 is 0 Å². The van der Waals surface area contributed by atoms with Crippen LogP contribution >= 0.6 is 0 Å². The Morgan fingerprint density at radius 1 is 1.50 bits per heavy atom. The minimum absolute atomic E-state index is 0.0469. The van der Waals surface area contributed by atoms with Gasteiger partial charge in [0, 0.05) is 39.2 Å². The number of nitrogens with one attached hydrogen (secondary N) is 1. The molecule has 0 aliphatic carbocycles. The lowest BCUT2D eigenvalue weighted by atomic mass is 9.91. The molecule has 0 spiro atoms. The van der Waals surface area contributed by atoms with E-state index in [1.807, 2.05) is 6.92 Å². The van der Waals surface area contributed by atoms with Gasteiger partial charge in [-0.15, -0.1) is 0 Å². The number of piperazine rings is 1. The summed E-state index contributed by atoms with van der Waals surface area (Å²) < 4.78 is 5.53. The molecule has 2 aliphatic heterocycles. The molecule has 14 heavy (non-hydrogen) atoms. The Hall–Kier alpha value is -0.630. The van der Waals surface area contributed by atoms with Crippen molar-refractivity contribution >= 4 is 0 Å². The molecule has 2 fully saturated rings. The average molecular weight is 195 g/mol. The number of nitriles is 1. The third-order valence-corrected chi connectivity index (χ3v) is 3.40. The molecule has 4 nitrogen and oxygen atoms in total. The summed E-state index contributed by atoms with van der Waals surface area (Å²) in [6, 6.07) is 2.47. The fourth-order valence-electron chi connectivity index (χ4n) is 2.43. The maximum atomic E-state index is 9.35. The lowest BCUT2D eigenvalue weighted by Crippen LogP contribution is -2.58. The van der Waals surface area contributed by atoms with Gasteiger partial charge in [0.25, 0.3) is 0 Å². The molecule has 2 heterocycles. The number of ether oxygens (including phenoxy) is 1. The largest absolute Gasteiger partial charge is 0.375 e. The van der Waals surface area contributed by atoms with Crippen molar-refractivity contribution < 1.29 is 4.74 Å². The average Bonchev–Trinajstić information content (AvgIpc) is 2.62. The molecule has 0 aromatic carbocycles.